The minimum Gasteiger partial charge on any atom is -0.374 e. The maximum atomic E-state index is 14.6. The van der Waals surface area contributed by atoms with Gasteiger partial charge in [-0.25, -0.2) is 9.37 Å². The molecule has 0 bridgehead atoms. The number of aromatic nitrogens is 2. The Balaban J connectivity index is 1.41. The molecule has 2 aromatic carbocycles. The van der Waals surface area contributed by atoms with Gasteiger partial charge in [-0.15, -0.1) is 0 Å². The molecule has 168 valence electrons. The first kappa shape index (κ1) is 21.0. The summed E-state index contributed by atoms with van der Waals surface area (Å²) in [6.07, 6.45) is 6.28. The minimum atomic E-state index is -0.717. The largest absolute Gasteiger partial charge is 0.374 e. The first-order valence-electron chi connectivity index (χ1n) is 11.5. The van der Waals surface area contributed by atoms with E-state index in [0.29, 0.717) is 21.6 Å². The lowest BCUT2D eigenvalue weighted by Crippen LogP contribution is -2.37. The lowest BCUT2D eigenvalue weighted by Gasteiger charge is -2.38. The van der Waals surface area contributed by atoms with Gasteiger partial charge in [0.05, 0.1) is 5.69 Å². The standard InChI is InChI=1S/C27H25BrFN3O/c1-16-21-5-3-2-4-17(21)10-11-32(16)27(33)19-12-23(18-6-7-18)26-30-25(15-31(26)14-19)22-9-8-20(28)13-24(22)29/h2-5,8-9,12-16,18,27,33H,6-7,10-11H2,1H3/t16-,27?/m1/s1. The normalized spacial score (nSPS) is 19.6. The van der Waals surface area contributed by atoms with Crippen molar-refractivity contribution in [3.63, 3.8) is 0 Å². The summed E-state index contributed by atoms with van der Waals surface area (Å²) in [7, 11) is 0. The number of nitrogens with zero attached hydrogens (tertiary/aromatic N) is 3. The molecule has 4 nitrogen and oxygen atoms in total. The van der Waals surface area contributed by atoms with E-state index in [2.05, 4.69) is 58.1 Å². The zero-order chi connectivity index (χ0) is 22.7. The Labute approximate surface area is 200 Å². The number of aliphatic hydroxyl groups excluding tert-OH is 1. The molecule has 0 saturated heterocycles. The van der Waals surface area contributed by atoms with Crippen molar-refractivity contribution in [3.05, 3.63) is 93.5 Å². The molecule has 33 heavy (non-hydrogen) atoms. The molecule has 1 unspecified atom stereocenters. The number of fused-ring (bicyclic) bond motifs is 2. The first-order valence-corrected chi connectivity index (χ1v) is 12.3. The van der Waals surface area contributed by atoms with Crippen LogP contribution < -0.4 is 0 Å². The number of pyridine rings is 1. The zero-order valence-electron chi connectivity index (χ0n) is 18.4. The maximum Gasteiger partial charge on any atom is 0.140 e. The van der Waals surface area contributed by atoms with Gasteiger partial charge in [-0.1, -0.05) is 40.2 Å². The van der Waals surface area contributed by atoms with Crippen LogP contribution in [0.3, 0.4) is 0 Å². The molecule has 2 aliphatic rings. The SMILES string of the molecule is C[C@@H]1c2ccccc2CCN1C(O)c1cc(C2CC2)c2nc(-c3ccc(Br)cc3F)cn2c1. The molecule has 1 saturated carbocycles. The molecule has 0 radical (unpaired) electrons. The van der Waals surface area contributed by atoms with Crippen molar-refractivity contribution in [1.82, 2.24) is 14.3 Å². The summed E-state index contributed by atoms with van der Waals surface area (Å²) in [6.45, 7) is 2.96. The number of hydrogen-bond donors (Lipinski definition) is 1. The van der Waals surface area contributed by atoms with Crippen molar-refractivity contribution < 1.29 is 9.50 Å². The predicted molar refractivity (Wildman–Crippen MR) is 130 cm³/mol. The molecule has 6 rings (SSSR count). The number of halogens is 2. The van der Waals surface area contributed by atoms with Gasteiger partial charge in [0.15, 0.2) is 0 Å². The quantitative estimate of drug-likeness (QED) is 0.349. The molecule has 1 aliphatic heterocycles. The lowest BCUT2D eigenvalue weighted by molar-refractivity contribution is -0.0286. The van der Waals surface area contributed by atoms with Gasteiger partial charge in [0.25, 0.3) is 0 Å². The van der Waals surface area contributed by atoms with Crippen molar-refractivity contribution in [2.24, 2.45) is 0 Å². The molecular formula is C27H25BrFN3O. The molecule has 0 spiro atoms. The number of benzene rings is 2. The lowest BCUT2D eigenvalue weighted by atomic mass is 9.93. The molecular weight excluding hydrogens is 481 g/mol. The fourth-order valence-corrected chi connectivity index (χ4v) is 5.46. The third-order valence-corrected chi connectivity index (χ3v) is 7.57. The number of hydrogen-bond acceptors (Lipinski definition) is 3. The van der Waals surface area contributed by atoms with Crippen LogP contribution in [-0.2, 0) is 6.42 Å². The second-order valence-corrected chi connectivity index (χ2v) is 10.1. The summed E-state index contributed by atoms with van der Waals surface area (Å²) >= 11 is 3.32. The van der Waals surface area contributed by atoms with Crippen LogP contribution in [0.25, 0.3) is 16.9 Å². The molecule has 2 atom stereocenters. The van der Waals surface area contributed by atoms with Gasteiger partial charge in [0.2, 0.25) is 0 Å². The molecule has 3 heterocycles. The van der Waals surface area contributed by atoms with E-state index in [9.17, 15) is 9.50 Å². The second-order valence-electron chi connectivity index (χ2n) is 9.22. The molecule has 1 N–H and O–H groups in total. The number of aliphatic hydroxyl groups is 1. The van der Waals surface area contributed by atoms with Crippen molar-refractivity contribution in [2.75, 3.05) is 6.54 Å². The molecule has 4 aromatic rings. The summed E-state index contributed by atoms with van der Waals surface area (Å²) in [5, 5.41) is 11.5. The van der Waals surface area contributed by atoms with Crippen molar-refractivity contribution in [3.8, 4) is 11.3 Å². The fraction of sp³-hybridized carbons (Fsp3) is 0.296. The summed E-state index contributed by atoms with van der Waals surface area (Å²) in [6, 6.07) is 15.8. The molecule has 0 amide bonds. The van der Waals surface area contributed by atoms with E-state index < -0.39 is 6.23 Å². The summed E-state index contributed by atoms with van der Waals surface area (Å²) < 4.78 is 17.3. The van der Waals surface area contributed by atoms with Gasteiger partial charge in [0.1, 0.15) is 17.7 Å². The average Bonchev–Trinajstić information content (AvgIpc) is 3.57. The van der Waals surface area contributed by atoms with Crippen LogP contribution in [0.2, 0.25) is 0 Å². The van der Waals surface area contributed by atoms with Crippen molar-refractivity contribution >= 4 is 21.6 Å². The second kappa shape index (κ2) is 8.05. The Morgan fingerprint density at radius 3 is 2.70 bits per heavy atom. The maximum absolute atomic E-state index is 14.6. The van der Waals surface area contributed by atoms with E-state index in [4.69, 9.17) is 4.98 Å². The first-order chi connectivity index (χ1) is 16.0. The average molecular weight is 506 g/mol. The topological polar surface area (TPSA) is 40.8 Å². The predicted octanol–water partition coefficient (Wildman–Crippen LogP) is 6.39. The van der Waals surface area contributed by atoms with Crippen LogP contribution in [0.1, 0.15) is 60.2 Å². The van der Waals surface area contributed by atoms with Crippen LogP contribution >= 0.6 is 15.9 Å². The smallest absolute Gasteiger partial charge is 0.140 e. The molecule has 1 aliphatic carbocycles. The van der Waals surface area contributed by atoms with Crippen molar-refractivity contribution in [1.29, 1.82) is 0 Å². The Kier molecular flexibility index (Phi) is 5.13. The number of rotatable bonds is 4. The monoisotopic (exact) mass is 505 g/mol. The summed E-state index contributed by atoms with van der Waals surface area (Å²) in [4.78, 5) is 6.96. The summed E-state index contributed by atoms with van der Waals surface area (Å²) in [5.41, 5.74) is 6.57. The zero-order valence-corrected chi connectivity index (χ0v) is 20.0. The van der Waals surface area contributed by atoms with Gasteiger partial charge in [-0.05, 0) is 73.1 Å². The van der Waals surface area contributed by atoms with E-state index in [1.807, 2.05) is 22.9 Å². The fourth-order valence-electron chi connectivity index (χ4n) is 5.13. The Bertz CT molecular complexity index is 1360. The Morgan fingerprint density at radius 2 is 1.91 bits per heavy atom. The van der Waals surface area contributed by atoms with E-state index in [0.717, 1.165) is 42.6 Å². The molecule has 1 fully saturated rings. The summed E-state index contributed by atoms with van der Waals surface area (Å²) in [5.74, 6) is 0.144. The Hall–Kier alpha value is -2.54. The van der Waals surface area contributed by atoms with Gasteiger partial charge in [0, 0.05) is 40.6 Å². The molecule has 2 aromatic heterocycles. The minimum absolute atomic E-state index is 0.125. The molecule has 6 heteroatoms. The Morgan fingerprint density at radius 1 is 1.09 bits per heavy atom. The highest BCUT2D eigenvalue weighted by Crippen LogP contribution is 2.44. The highest BCUT2D eigenvalue weighted by molar-refractivity contribution is 9.10. The van der Waals surface area contributed by atoms with Crippen LogP contribution in [-0.4, -0.2) is 25.9 Å². The van der Waals surface area contributed by atoms with Crippen LogP contribution in [0, 0.1) is 5.82 Å². The van der Waals surface area contributed by atoms with E-state index in [1.165, 1.54) is 17.2 Å². The third kappa shape index (κ3) is 3.70. The number of imidazole rings is 1. The van der Waals surface area contributed by atoms with Gasteiger partial charge in [-0.3, -0.25) is 4.90 Å². The third-order valence-electron chi connectivity index (χ3n) is 7.08. The van der Waals surface area contributed by atoms with Crippen LogP contribution in [0.15, 0.2) is 65.4 Å². The highest BCUT2D eigenvalue weighted by atomic mass is 79.9. The van der Waals surface area contributed by atoms with Crippen molar-refractivity contribution in [2.45, 2.75) is 44.4 Å². The van der Waals surface area contributed by atoms with E-state index in [1.54, 1.807) is 6.07 Å². The van der Waals surface area contributed by atoms with Gasteiger partial charge in [-0.2, -0.15) is 0 Å². The van der Waals surface area contributed by atoms with Crippen LogP contribution in [0.4, 0.5) is 4.39 Å². The van der Waals surface area contributed by atoms with Gasteiger partial charge >= 0.3 is 0 Å². The van der Waals surface area contributed by atoms with Crippen LogP contribution in [0.5, 0.6) is 0 Å². The van der Waals surface area contributed by atoms with Gasteiger partial charge < -0.3 is 9.51 Å². The van der Waals surface area contributed by atoms with E-state index >= 15 is 0 Å². The highest BCUT2D eigenvalue weighted by Gasteiger charge is 2.32. The van der Waals surface area contributed by atoms with E-state index in [-0.39, 0.29) is 11.9 Å².